The van der Waals surface area contributed by atoms with Crippen LogP contribution in [0.15, 0.2) is 48.7 Å². The number of carbonyl (C=O) groups excluding carboxylic acids is 1. The summed E-state index contributed by atoms with van der Waals surface area (Å²) >= 11 is 6.22. The monoisotopic (exact) mass is 426 g/mol. The van der Waals surface area contributed by atoms with E-state index in [-0.39, 0.29) is 17.9 Å². The second kappa shape index (κ2) is 9.00. The molecule has 2 N–H and O–H groups in total. The zero-order valence-electron chi connectivity index (χ0n) is 17.3. The number of nitrogens with one attached hydrogen (secondary N) is 2. The van der Waals surface area contributed by atoms with E-state index >= 15 is 0 Å². The number of carbonyl (C=O) groups is 1. The zero-order valence-corrected chi connectivity index (χ0v) is 18.0. The van der Waals surface area contributed by atoms with E-state index in [2.05, 4.69) is 24.1 Å². The molecule has 1 aliphatic heterocycles. The highest BCUT2D eigenvalue weighted by atomic mass is 35.5. The fourth-order valence-corrected chi connectivity index (χ4v) is 4.20. The molecule has 3 aromatic rings. The van der Waals surface area contributed by atoms with Crippen molar-refractivity contribution in [2.75, 3.05) is 13.2 Å². The first-order valence-corrected chi connectivity index (χ1v) is 10.8. The molecule has 2 atom stereocenters. The van der Waals surface area contributed by atoms with Gasteiger partial charge < -0.3 is 19.8 Å². The van der Waals surface area contributed by atoms with E-state index in [0.717, 1.165) is 34.4 Å². The highest BCUT2D eigenvalue weighted by molar-refractivity contribution is 6.31. The lowest BCUT2D eigenvalue weighted by Crippen LogP contribution is -2.41. The molecular weight excluding hydrogens is 400 g/mol. The number of fused-ring (bicyclic) bond motifs is 2. The molecule has 0 radical (unpaired) electrons. The molecule has 6 heteroatoms. The van der Waals surface area contributed by atoms with Crippen molar-refractivity contribution < 1.29 is 14.3 Å². The maximum Gasteiger partial charge on any atom is 0.220 e. The number of benzene rings is 2. The summed E-state index contributed by atoms with van der Waals surface area (Å²) in [6.45, 7) is 5.20. The normalized spacial score (nSPS) is 16.6. The number of hydrogen-bond donors (Lipinski definition) is 2. The number of hydrogen-bond acceptors (Lipinski definition) is 3. The first-order valence-electron chi connectivity index (χ1n) is 10.4. The van der Waals surface area contributed by atoms with Gasteiger partial charge in [-0.05, 0) is 54.2 Å². The maximum absolute atomic E-state index is 12.8. The number of aromatic nitrogens is 1. The number of ether oxygens (including phenoxy) is 2. The van der Waals surface area contributed by atoms with E-state index in [1.165, 1.54) is 0 Å². The van der Waals surface area contributed by atoms with Crippen molar-refractivity contribution in [1.29, 1.82) is 0 Å². The number of amides is 1. The molecule has 5 nitrogen and oxygen atoms in total. The van der Waals surface area contributed by atoms with Crippen molar-refractivity contribution in [3.63, 3.8) is 0 Å². The van der Waals surface area contributed by atoms with Gasteiger partial charge in [0.15, 0.2) is 11.5 Å². The molecule has 0 spiro atoms. The van der Waals surface area contributed by atoms with Crippen molar-refractivity contribution in [2.45, 2.75) is 38.7 Å². The van der Waals surface area contributed by atoms with E-state index in [1.54, 1.807) is 0 Å². The molecule has 0 aliphatic carbocycles. The van der Waals surface area contributed by atoms with Crippen LogP contribution < -0.4 is 14.8 Å². The first-order chi connectivity index (χ1) is 14.5. The van der Waals surface area contributed by atoms with Gasteiger partial charge in [-0.25, -0.2) is 0 Å². The van der Waals surface area contributed by atoms with E-state index in [1.807, 2.05) is 48.7 Å². The number of halogens is 1. The summed E-state index contributed by atoms with van der Waals surface area (Å²) in [5.41, 5.74) is 2.18. The van der Waals surface area contributed by atoms with Gasteiger partial charge in [-0.1, -0.05) is 37.6 Å². The van der Waals surface area contributed by atoms with Gasteiger partial charge in [0, 0.05) is 28.5 Å². The minimum absolute atomic E-state index is 0.0134. The minimum atomic E-state index is -0.195. The fraction of sp³-hybridized carbons (Fsp3) is 0.375. The van der Waals surface area contributed by atoms with Crippen LogP contribution in [0.5, 0.6) is 11.5 Å². The van der Waals surface area contributed by atoms with Gasteiger partial charge in [-0.3, -0.25) is 4.79 Å². The van der Waals surface area contributed by atoms with E-state index in [0.29, 0.717) is 30.5 Å². The van der Waals surface area contributed by atoms with E-state index in [9.17, 15) is 4.79 Å². The number of rotatable bonds is 7. The second-order valence-corrected chi connectivity index (χ2v) is 8.70. The van der Waals surface area contributed by atoms with Gasteiger partial charge in [-0.2, -0.15) is 0 Å². The van der Waals surface area contributed by atoms with Gasteiger partial charge in [0.1, 0.15) is 12.7 Å². The van der Waals surface area contributed by atoms with E-state index < -0.39 is 0 Å². The summed E-state index contributed by atoms with van der Waals surface area (Å²) in [7, 11) is 0. The van der Waals surface area contributed by atoms with E-state index in [4.69, 9.17) is 21.1 Å². The third kappa shape index (κ3) is 4.73. The van der Waals surface area contributed by atoms with Crippen molar-refractivity contribution in [1.82, 2.24) is 10.3 Å². The third-order valence-electron chi connectivity index (χ3n) is 5.40. The smallest absolute Gasteiger partial charge is 0.220 e. The Morgan fingerprint density at radius 3 is 2.83 bits per heavy atom. The zero-order chi connectivity index (χ0) is 21.1. The average molecular weight is 427 g/mol. The molecule has 1 aromatic heterocycles. The highest BCUT2D eigenvalue weighted by Crippen LogP contribution is 2.34. The lowest BCUT2D eigenvalue weighted by Gasteiger charge is -2.27. The molecule has 2 aromatic carbocycles. The van der Waals surface area contributed by atoms with Crippen LogP contribution in [0.1, 0.15) is 38.2 Å². The Morgan fingerprint density at radius 1 is 1.23 bits per heavy atom. The molecule has 4 rings (SSSR count). The average Bonchev–Trinajstić information content (AvgIpc) is 3.14. The Bertz CT molecular complexity index is 1030. The van der Waals surface area contributed by atoms with Gasteiger partial charge >= 0.3 is 0 Å². The summed E-state index contributed by atoms with van der Waals surface area (Å²) in [5, 5.41) is 4.81. The lowest BCUT2D eigenvalue weighted by atomic mass is 9.87. The molecule has 1 amide bonds. The molecule has 30 heavy (non-hydrogen) atoms. The molecule has 0 saturated heterocycles. The Labute approximate surface area is 181 Å². The molecule has 0 saturated carbocycles. The highest BCUT2D eigenvalue weighted by Gasteiger charge is 2.24. The van der Waals surface area contributed by atoms with Crippen LogP contribution >= 0.6 is 11.6 Å². The molecule has 0 unspecified atom stereocenters. The van der Waals surface area contributed by atoms with Crippen molar-refractivity contribution in [3.05, 3.63) is 59.2 Å². The fourth-order valence-electron chi connectivity index (χ4n) is 4.03. The van der Waals surface area contributed by atoms with Crippen LogP contribution in [0.25, 0.3) is 10.9 Å². The number of aromatic amines is 1. The van der Waals surface area contributed by atoms with Gasteiger partial charge in [-0.15, -0.1) is 0 Å². The summed E-state index contributed by atoms with van der Waals surface area (Å²) in [6.07, 6.45) is 3.15. The minimum Gasteiger partial charge on any atom is -0.486 e. The van der Waals surface area contributed by atoms with Crippen molar-refractivity contribution >= 4 is 28.4 Å². The predicted octanol–water partition coefficient (Wildman–Crippen LogP) is 5.30. The van der Waals surface area contributed by atoms with Crippen molar-refractivity contribution in [3.8, 4) is 11.5 Å². The Kier molecular flexibility index (Phi) is 6.18. The standard InChI is InChI=1S/C24H27ClN2O3/c1-15(2)9-16(20-13-26-21-8-7-17(25)11-19(20)21)10-24(28)27-12-18-14-29-22-5-3-4-6-23(22)30-18/h3-8,11,13,15-16,18,26H,9-10,12,14H2,1-2H3,(H,27,28)/t16-,18+/m1/s1. The predicted molar refractivity (Wildman–Crippen MR) is 119 cm³/mol. The number of para-hydroxylation sites is 2. The molecule has 2 heterocycles. The molecular formula is C24H27ClN2O3. The van der Waals surface area contributed by atoms with Crippen molar-refractivity contribution in [2.24, 2.45) is 5.92 Å². The first kappa shape index (κ1) is 20.6. The summed E-state index contributed by atoms with van der Waals surface area (Å²) in [6, 6.07) is 13.4. The second-order valence-electron chi connectivity index (χ2n) is 8.27. The summed E-state index contributed by atoms with van der Waals surface area (Å²) in [5.74, 6) is 2.06. The molecule has 0 fully saturated rings. The Balaban J connectivity index is 1.41. The number of H-pyrrole nitrogens is 1. The molecule has 0 bridgehead atoms. The maximum atomic E-state index is 12.8. The largest absolute Gasteiger partial charge is 0.486 e. The van der Waals surface area contributed by atoms with Crippen LogP contribution in [0.3, 0.4) is 0 Å². The van der Waals surface area contributed by atoms with Crippen LogP contribution in [0, 0.1) is 5.92 Å². The lowest BCUT2D eigenvalue weighted by molar-refractivity contribution is -0.122. The molecule has 1 aliphatic rings. The quantitative estimate of drug-likeness (QED) is 0.539. The Hall–Kier alpha value is -2.66. The molecule has 158 valence electrons. The van der Waals surface area contributed by atoms with Gasteiger partial charge in [0.05, 0.1) is 6.54 Å². The Morgan fingerprint density at radius 2 is 2.03 bits per heavy atom. The van der Waals surface area contributed by atoms with Crippen LogP contribution in [0.2, 0.25) is 5.02 Å². The SMILES string of the molecule is CC(C)C[C@H](CC(=O)NC[C@H]1COc2ccccc2O1)c1c[nH]c2ccc(Cl)cc12. The van der Waals surface area contributed by atoms with Crippen LogP contribution in [-0.2, 0) is 4.79 Å². The van der Waals surface area contributed by atoms with Gasteiger partial charge in [0.2, 0.25) is 5.91 Å². The third-order valence-corrected chi connectivity index (χ3v) is 5.63. The van der Waals surface area contributed by atoms with Gasteiger partial charge in [0.25, 0.3) is 0 Å². The van der Waals surface area contributed by atoms with Crippen LogP contribution in [0.4, 0.5) is 0 Å². The topological polar surface area (TPSA) is 63.4 Å². The van der Waals surface area contributed by atoms with Crippen LogP contribution in [-0.4, -0.2) is 30.1 Å². The summed E-state index contributed by atoms with van der Waals surface area (Å²) in [4.78, 5) is 16.1. The summed E-state index contributed by atoms with van der Waals surface area (Å²) < 4.78 is 11.7.